The second-order valence-electron chi connectivity index (χ2n) is 16.9. The van der Waals surface area contributed by atoms with Crippen molar-refractivity contribution in [2.45, 2.75) is 114 Å². The van der Waals surface area contributed by atoms with Crippen LogP contribution in [0.2, 0.25) is 5.02 Å². The average molecular weight is 778 g/mol. The fourth-order valence-electron chi connectivity index (χ4n) is 9.90. The Hall–Kier alpha value is -4.07. The average Bonchev–Trinajstić information content (AvgIpc) is 3.48. The molecule has 1 heterocycles. The summed E-state index contributed by atoms with van der Waals surface area (Å²) in [6.07, 6.45) is 14.2. The van der Waals surface area contributed by atoms with E-state index in [9.17, 15) is 9.90 Å². The summed E-state index contributed by atoms with van der Waals surface area (Å²) in [6, 6.07) is 26.8. The van der Waals surface area contributed by atoms with Crippen molar-refractivity contribution in [3.05, 3.63) is 118 Å². The van der Waals surface area contributed by atoms with E-state index in [0.29, 0.717) is 48.8 Å². The van der Waals surface area contributed by atoms with Crippen molar-refractivity contribution in [2.75, 3.05) is 31.6 Å². The number of hydrogen-bond donors (Lipinski definition) is 3. The molecule has 3 N–H and O–H groups in total. The minimum absolute atomic E-state index is 0.133. The molecule has 3 aliphatic rings. The topological polar surface area (TPSA) is 92.7 Å². The highest BCUT2D eigenvalue weighted by molar-refractivity contribution is 6.30. The van der Waals surface area contributed by atoms with Gasteiger partial charge in [-0.2, -0.15) is 0 Å². The molecule has 0 radical (unpaired) electrons. The van der Waals surface area contributed by atoms with Gasteiger partial charge in [-0.15, -0.1) is 0 Å². The Labute approximate surface area is 339 Å². The third-order valence-electron chi connectivity index (χ3n) is 12.9. The minimum atomic E-state index is -1.06. The van der Waals surface area contributed by atoms with E-state index in [1.165, 1.54) is 40.8 Å². The van der Waals surface area contributed by atoms with E-state index < -0.39 is 11.5 Å². The van der Waals surface area contributed by atoms with E-state index in [-0.39, 0.29) is 5.41 Å². The van der Waals surface area contributed by atoms with Crippen molar-refractivity contribution in [2.24, 2.45) is 11.8 Å². The summed E-state index contributed by atoms with van der Waals surface area (Å²) in [4.78, 5) is 17.7. The number of nitrogens with zero attached hydrogens (tertiary/aromatic N) is 1. The zero-order chi connectivity index (χ0) is 39.0. The van der Waals surface area contributed by atoms with Crippen molar-refractivity contribution in [3.8, 4) is 11.5 Å². The molecule has 3 aromatic carbocycles. The van der Waals surface area contributed by atoms with Crippen LogP contribution >= 0.6 is 11.6 Å². The van der Waals surface area contributed by atoms with Gasteiger partial charge in [-0.3, -0.25) is 4.98 Å². The van der Waals surface area contributed by atoms with Crippen LogP contribution in [0.15, 0.2) is 85.1 Å². The fraction of sp³-hybridized carbons (Fsp3) is 0.500. The summed E-state index contributed by atoms with van der Waals surface area (Å²) >= 11 is 6.31. The number of anilines is 1. The number of carboxylic acids is 1. The van der Waals surface area contributed by atoms with Gasteiger partial charge in [-0.25, -0.2) is 4.79 Å². The molecule has 7 rings (SSSR count). The first kappa shape index (κ1) is 40.1. The molecule has 8 heteroatoms. The van der Waals surface area contributed by atoms with Crippen LogP contribution in [0.4, 0.5) is 5.69 Å². The molecule has 1 spiro atoms. The van der Waals surface area contributed by atoms with Gasteiger partial charge in [0, 0.05) is 28.2 Å². The Morgan fingerprint density at radius 1 is 0.964 bits per heavy atom. The number of carbonyl (C=O) groups is 1. The first-order chi connectivity index (χ1) is 27.2. The van der Waals surface area contributed by atoms with Crippen LogP contribution in [0.25, 0.3) is 0 Å². The number of benzene rings is 3. The molecular weight excluding hydrogens is 718 g/mol. The minimum Gasteiger partial charge on any atom is -0.494 e. The maximum atomic E-state index is 13.0. The van der Waals surface area contributed by atoms with E-state index in [2.05, 4.69) is 78.0 Å². The van der Waals surface area contributed by atoms with Crippen molar-refractivity contribution >= 4 is 23.3 Å². The van der Waals surface area contributed by atoms with Gasteiger partial charge in [0.05, 0.1) is 13.2 Å². The van der Waals surface area contributed by atoms with E-state index in [0.717, 1.165) is 88.1 Å². The molecule has 0 bridgehead atoms. The maximum Gasteiger partial charge on any atom is 0.329 e. The number of unbranched alkanes of at least 4 members (excludes halogenated alkanes) is 1. The Kier molecular flexibility index (Phi) is 13.2. The first-order valence-electron chi connectivity index (χ1n) is 21.1. The summed E-state index contributed by atoms with van der Waals surface area (Å²) < 4.78 is 13.0. The van der Waals surface area contributed by atoms with Gasteiger partial charge in [-0.05, 0) is 173 Å². The molecule has 1 unspecified atom stereocenters. The molecule has 298 valence electrons. The second-order valence-corrected chi connectivity index (χ2v) is 17.3. The van der Waals surface area contributed by atoms with Gasteiger partial charge in [0.25, 0.3) is 0 Å². The number of aryl methyl sites for hydroxylation is 2. The summed E-state index contributed by atoms with van der Waals surface area (Å²) in [5.41, 5.74) is 6.16. The van der Waals surface area contributed by atoms with Gasteiger partial charge < -0.3 is 25.2 Å². The molecule has 4 aromatic rings. The number of carboxylic acid groups (broad SMARTS) is 1. The van der Waals surface area contributed by atoms with Crippen LogP contribution in [-0.2, 0) is 29.5 Å². The largest absolute Gasteiger partial charge is 0.494 e. The van der Waals surface area contributed by atoms with Crippen molar-refractivity contribution in [1.29, 1.82) is 0 Å². The van der Waals surface area contributed by atoms with Gasteiger partial charge in [0.1, 0.15) is 17.0 Å². The molecule has 7 nitrogen and oxygen atoms in total. The summed E-state index contributed by atoms with van der Waals surface area (Å²) in [7, 11) is 0. The Balaban J connectivity index is 1.01. The second kappa shape index (κ2) is 18.5. The number of aliphatic carboxylic acids is 1. The number of fused-ring (bicyclic) bond motifs is 3. The van der Waals surface area contributed by atoms with E-state index in [4.69, 9.17) is 21.1 Å². The molecule has 0 saturated heterocycles. The van der Waals surface area contributed by atoms with Crippen LogP contribution in [0.3, 0.4) is 0 Å². The van der Waals surface area contributed by atoms with Gasteiger partial charge in [-0.1, -0.05) is 67.9 Å². The maximum absolute atomic E-state index is 13.0. The van der Waals surface area contributed by atoms with Crippen LogP contribution in [0.5, 0.6) is 11.5 Å². The SMILES string of the molecule is C[C@@H](COc1ccnc2c1[C@H](C)CCC2)CC1Cc2ccc(OCCCCNCCCc3ccccc3)cc2C12CCC(Nc1cccc(Cl)c1)(C(=O)O)CC2. The number of ether oxygens (including phenoxy) is 2. The van der Waals surface area contributed by atoms with Gasteiger partial charge in [0.2, 0.25) is 0 Å². The molecular formula is C48H60ClN3O4. The highest BCUT2D eigenvalue weighted by atomic mass is 35.5. The third kappa shape index (κ3) is 9.37. The number of pyridine rings is 1. The summed E-state index contributed by atoms with van der Waals surface area (Å²) in [5, 5.41) is 18.3. The zero-order valence-corrected chi connectivity index (χ0v) is 34.1. The zero-order valence-electron chi connectivity index (χ0n) is 33.3. The predicted octanol–water partition coefficient (Wildman–Crippen LogP) is 10.6. The first-order valence-corrected chi connectivity index (χ1v) is 21.5. The lowest BCUT2D eigenvalue weighted by Gasteiger charge is -2.47. The Morgan fingerprint density at radius 2 is 1.79 bits per heavy atom. The highest BCUT2D eigenvalue weighted by Gasteiger charge is 2.54. The monoisotopic (exact) mass is 777 g/mol. The smallest absolute Gasteiger partial charge is 0.329 e. The lowest BCUT2D eigenvalue weighted by molar-refractivity contribution is -0.144. The molecule has 1 aromatic heterocycles. The van der Waals surface area contributed by atoms with Crippen molar-refractivity contribution in [1.82, 2.24) is 10.3 Å². The lowest BCUT2D eigenvalue weighted by Crippen LogP contribution is -2.53. The molecule has 0 aliphatic heterocycles. The quantitative estimate of drug-likeness (QED) is 0.0866. The molecule has 1 fully saturated rings. The van der Waals surface area contributed by atoms with Crippen molar-refractivity contribution in [3.63, 3.8) is 0 Å². The van der Waals surface area contributed by atoms with Crippen LogP contribution in [0.1, 0.15) is 112 Å². The van der Waals surface area contributed by atoms with Crippen LogP contribution < -0.4 is 20.1 Å². The summed E-state index contributed by atoms with van der Waals surface area (Å²) in [5.74, 6) is 2.28. The van der Waals surface area contributed by atoms with E-state index >= 15 is 0 Å². The van der Waals surface area contributed by atoms with Crippen LogP contribution in [-0.4, -0.2) is 47.9 Å². The third-order valence-corrected chi connectivity index (χ3v) is 13.2. The number of nitrogens with one attached hydrogen (secondary N) is 2. The Bertz CT molecular complexity index is 1910. The standard InChI is InChI=1S/C48H60ClN3O4/c1-34(33-56-44-20-27-51-43-17-8-11-35(2)45(43)44)29-38-30-37-18-19-41(55-28-7-6-25-50-26-10-14-36-12-4-3-5-13-36)32-42(37)47(38)21-23-48(24-22-47,46(53)54)52-40-16-9-15-39(49)31-40/h3-5,9,12-13,15-16,18-20,27,31-32,34-35,38,50,52H,6-8,10-11,14,17,21-26,28-30,33H2,1-2H3,(H,53,54)/t34-,35-,38?,47?,48?/m1/s1. The number of halogens is 1. The number of rotatable bonds is 18. The molecule has 56 heavy (non-hydrogen) atoms. The molecule has 3 aliphatic carbocycles. The van der Waals surface area contributed by atoms with Crippen LogP contribution in [0, 0.1) is 11.8 Å². The van der Waals surface area contributed by atoms with Crippen molar-refractivity contribution < 1.29 is 19.4 Å². The van der Waals surface area contributed by atoms with E-state index in [1.807, 2.05) is 36.5 Å². The predicted molar refractivity (Wildman–Crippen MR) is 226 cm³/mol. The number of hydrogen-bond acceptors (Lipinski definition) is 6. The molecule has 0 amide bonds. The number of aromatic nitrogens is 1. The lowest BCUT2D eigenvalue weighted by atomic mass is 9.59. The van der Waals surface area contributed by atoms with E-state index in [1.54, 1.807) is 0 Å². The molecule has 3 atom stereocenters. The molecule has 1 saturated carbocycles. The van der Waals surface area contributed by atoms with Gasteiger partial charge >= 0.3 is 5.97 Å². The normalized spacial score (nSPS) is 23.3. The Morgan fingerprint density at radius 3 is 2.59 bits per heavy atom. The highest BCUT2D eigenvalue weighted by Crippen LogP contribution is 2.57. The van der Waals surface area contributed by atoms with Gasteiger partial charge in [0.15, 0.2) is 0 Å². The summed E-state index contributed by atoms with van der Waals surface area (Å²) in [6.45, 7) is 7.95. The fourth-order valence-corrected chi connectivity index (χ4v) is 10.1.